The number of alkyl halides is 1. The molecule has 1 aliphatic rings. The van der Waals surface area contributed by atoms with E-state index in [4.69, 9.17) is 11.6 Å². The third-order valence-electron chi connectivity index (χ3n) is 2.06. The first-order valence-electron chi connectivity index (χ1n) is 3.81. The van der Waals surface area contributed by atoms with Gasteiger partial charge in [0.05, 0.1) is 14.9 Å². The summed E-state index contributed by atoms with van der Waals surface area (Å²) >= 11 is 9.95. The van der Waals surface area contributed by atoms with E-state index in [-0.39, 0.29) is 0 Å². The van der Waals surface area contributed by atoms with Gasteiger partial charge in [-0.3, -0.25) is 0 Å². The molecule has 0 spiro atoms. The van der Waals surface area contributed by atoms with Crippen LogP contribution in [-0.2, 0) is 0 Å². The number of hydrogen-bond acceptors (Lipinski definition) is 3. The summed E-state index contributed by atoms with van der Waals surface area (Å²) in [7, 11) is 2.05. The third kappa shape index (κ3) is 1.59. The quantitative estimate of drug-likeness (QED) is 0.402. The molecule has 1 aliphatic heterocycles. The van der Waals surface area contributed by atoms with E-state index < -0.39 is 0 Å². The lowest BCUT2D eigenvalue weighted by atomic mass is 10.3. The lowest BCUT2D eigenvalue weighted by Crippen LogP contribution is -2.27. The molecule has 5 heteroatoms. The van der Waals surface area contributed by atoms with Crippen LogP contribution in [0.4, 0.5) is 5.69 Å². The fourth-order valence-electron chi connectivity index (χ4n) is 1.22. The summed E-state index contributed by atoms with van der Waals surface area (Å²) < 4.78 is 1.18. The molecule has 2 nitrogen and oxygen atoms in total. The molecule has 0 fully saturated rings. The average molecular weight is 327 g/mol. The molecule has 0 saturated carbocycles. The lowest BCUT2D eigenvalue weighted by molar-refractivity contribution is 0.500. The van der Waals surface area contributed by atoms with Crippen molar-refractivity contribution in [3.63, 3.8) is 0 Å². The van der Waals surface area contributed by atoms with Gasteiger partial charge in [-0.05, 0) is 13.0 Å². The second-order valence-electron chi connectivity index (χ2n) is 2.91. The van der Waals surface area contributed by atoms with Crippen molar-refractivity contribution in [1.29, 1.82) is 0 Å². The Bertz CT molecular complexity index is 374. The molecule has 0 aromatic carbocycles. The average Bonchev–Trinajstić information content (AvgIpc) is 2.42. The number of rotatable bonds is 0. The summed E-state index contributed by atoms with van der Waals surface area (Å²) in [6.45, 7) is 2.01. The van der Waals surface area contributed by atoms with E-state index in [1.54, 1.807) is 11.3 Å². The second kappa shape index (κ2) is 3.40. The van der Waals surface area contributed by atoms with Crippen LogP contribution in [0.1, 0.15) is 15.8 Å². The van der Waals surface area contributed by atoms with Crippen molar-refractivity contribution in [3.8, 4) is 0 Å². The Kier molecular flexibility index (Phi) is 2.55. The molecule has 13 heavy (non-hydrogen) atoms. The standard InChI is InChI=1S/C8H8ClIN2S/c1-4-11-5-3-6(9)13-7(5)8(10)12(4)2/h3,8H,1-2H3. The molecule has 0 bridgehead atoms. The first-order chi connectivity index (χ1) is 6.09. The highest BCUT2D eigenvalue weighted by atomic mass is 127. The SMILES string of the molecule is CC1=Nc2cc(Cl)sc2C(I)N1C. The molecule has 70 valence electrons. The topological polar surface area (TPSA) is 15.6 Å². The highest BCUT2D eigenvalue weighted by Crippen LogP contribution is 2.45. The van der Waals surface area contributed by atoms with Gasteiger partial charge in [0.2, 0.25) is 0 Å². The van der Waals surface area contributed by atoms with Crippen molar-refractivity contribution in [2.45, 2.75) is 11.0 Å². The molecule has 0 N–H and O–H groups in total. The van der Waals surface area contributed by atoms with Gasteiger partial charge in [0.1, 0.15) is 9.88 Å². The van der Waals surface area contributed by atoms with Crippen LogP contribution in [0.25, 0.3) is 0 Å². The van der Waals surface area contributed by atoms with Crippen molar-refractivity contribution in [2.24, 2.45) is 4.99 Å². The van der Waals surface area contributed by atoms with E-state index in [2.05, 4.69) is 32.5 Å². The lowest BCUT2D eigenvalue weighted by Gasteiger charge is -2.28. The van der Waals surface area contributed by atoms with E-state index in [1.165, 1.54) is 4.88 Å². The minimum absolute atomic E-state index is 0.364. The van der Waals surface area contributed by atoms with E-state index in [9.17, 15) is 0 Å². The molecule has 0 aliphatic carbocycles. The molecule has 1 aromatic rings. The number of aliphatic imine (C=N–C) groups is 1. The van der Waals surface area contributed by atoms with E-state index in [0.29, 0.717) is 4.05 Å². The Labute approximate surface area is 99.7 Å². The highest BCUT2D eigenvalue weighted by molar-refractivity contribution is 14.1. The zero-order chi connectivity index (χ0) is 9.59. The van der Waals surface area contributed by atoms with Crippen molar-refractivity contribution in [3.05, 3.63) is 15.3 Å². The summed E-state index contributed by atoms with van der Waals surface area (Å²) in [6, 6.07) is 1.93. The van der Waals surface area contributed by atoms with Crippen molar-refractivity contribution in [1.82, 2.24) is 4.90 Å². The van der Waals surface area contributed by atoms with Crippen molar-refractivity contribution < 1.29 is 0 Å². The molecule has 0 amide bonds. The van der Waals surface area contributed by atoms with E-state index >= 15 is 0 Å². The predicted molar refractivity (Wildman–Crippen MR) is 66.6 cm³/mol. The van der Waals surface area contributed by atoms with Gasteiger partial charge >= 0.3 is 0 Å². The Morgan fingerprint density at radius 2 is 2.38 bits per heavy atom. The molecule has 2 heterocycles. The normalized spacial score (nSPS) is 21.4. The van der Waals surface area contributed by atoms with Crippen LogP contribution in [0, 0.1) is 0 Å². The molecule has 1 unspecified atom stereocenters. The van der Waals surface area contributed by atoms with Crippen LogP contribution in [0.15, 0.2) is 11.1 Å². The smallest absolute Gasteiger partial charge is 0.118 e. The second-order valence-corrected chi connectivity index (χ2v) is 5.80. The Morgan fingerprint density at radius 1 is 1.69 bits per heavy atom. The minimum atomic E-state index is 0.364. The minimum Gasteiger partial charge on any atom is -0.346 e. The molecule has 2 rings (SSSR count). The van der Waals surface area contributed by atoms with Crippen LogP contribution in [-0.4, -0.2) is 17.8 Å². The van der Waals surface area contributed by atoms with Crippen LogP contribution in [0.5, 0.6) is 0 Å². The molecule has 0 radical (unpaired) electrons. The van der Waals surface area contributed by atoms with Gasteiger partial charge in [0.25, 0.3) is 0 Å². The third-order valence-corrected chi connectivity index (χ3v) is 5.25. The van der Waals surface area contributed by atoms with Crippen LogP contribution in [0.2, 0.25) is 4.34 Å². The summed E-state index contributed by atoms with van der Waals surface area (Å²) in [5, 5.41) is 0. The Balaban J connectivity index is 2.55. The first-order valence-corrected chi connectivity index (χ1v) is 6.25. The molecule has 1 atom stereocenters. The van der Waals surface area contributed by atoms with Gasteiger partial charge in [0.15, 0.2) is 0 Å². The number of fused-ring (bicyclic) bond motifs is 1. The largest absolute Gasteiger partial charge is 0.346 e. The zero-order valence-corrected chi connectivity index (χ0v) is 10.9. The maximum absolute atomic E-state index is 5.94. The highest BCUT2D eigenvalue weighted by Gasteiger charge is 2.25. The number of halogens is 2. The molecular weight excluding hydrogens is 319 g/mol. The number of nitrogens with zero attached hydrogens (tertiary/aromatic N) is 2. The summed E-state index contributed by atoms with van der Waals surface area (Å²) in [4.78, 5) is 7.86. The number of hydrogen-bond donors (Lipinski definition) is 0. The van der Waals surface area contributed by atoms with Gasteiger partial charge in [-0.1, -0.05) is 34.2 Å². The van der Waals surface area contributed by atoms with Crippen LogP contribution < -0.4 is 0 Å². The monoisotopic (exact) mass is 326 g/mol. The number of thiophene rings is 1. The van der Waals surface area contributed by atoms with E-state index in [1.807, 2.05) is 20.0 Å². The van der Waals surface area contributed by atoms with E-state index in [0.717, 1.165) is 15.9 Å². The van der Waals surface area contributed by atoms with Crippen LogP contribution >= 0.6 is 45.5 Å². The number of amidine groups is 1. The fourth-order valence-corrected chi connectivity index (χ4v) is 3.52. The van der Waals surface area contributed by atoms with Gasteiger partial charge in [0, 0.05) is 7.05 Å². The maximum atomic E-state index is 5.94. The summed E-state index contributed by atoms with van der Waals surface area (Å²) in [5.41, 5.74) is 1.03. The molecule has 1 aromatic heterocycles. The summed E-state index contributed by atoms with van der Waals surface area (Å²) in [6.07, 6.45) is 0. The van der Waals surface area contributed by atoms with Crippen molar-refractivity contribution in [2.75, 3.05) is 7.05 Å². The zero-order valence-electron chi connectivity index (χ0n) is 7.21. The Morgan fingerprint density at radius 3 is 3.08 bits per heavy atom. The fraction of sp³-hybridized carbons (Fsp3) is 0.375. The Hall–Kier alpha value is 0.190. The predicted octanol–water partition coefficient (Wildman–Crippen LogP) is 3.83. The van der Waals surface area contributed by atoms with Gasteiger partial charge in [-0.2, -0.15) is 0 Å². The maximum Gasteiger partial charge on any atom is 0.118 e. The molecule has 0 saturated heterocycles. The van der Waals surface area contributed by atoms with Crippen LogP contribution in [0.3, 0.4) is 0 Å². The van der Waals surface area contributed by atoms with Gasteiger partial charge in [-0.15, -0.1) is 11.3 Å². The van der Waals surface area contributed by atoms with Crippen molar-refractivity contribution >= 4 is 57.1 Å². The molecular formula is C8H8ClIN2S. The van der Waals surface area contributed by atoms with Gasteiger partial charge in [-0.25, -0.2) is 4.99 Å². The summed E-state index contributed by atoms with van der Waals surface area (Å²) in [5.74, 6) is 1.04. The first kappa shape index (κ1) is 9.73. The van der Waals surface area contributed by atoms with Gasteiger partial charge < -0.3 is 4.90 Å².